The van der Waals surface area contributed by atoms with Crippen LogP contribution in [-0.4, -0.2) is 10.9 Å². The number of thiophene rings is 1. The Balaban J connectivity index is 2.24. The number of carbonyl (C=O) groups is 1. The van der Waals surface area contributed by atoms with Crippen LogP contribution in [0, 0.1) is 6.92 Å². The van der Waals surface area contributed by atoms with Crippen LogP contribution in [0.25, 0.3) is 0 Å². The summed E-state index contributed by atoms with van der Waals surface area (Å²) in [6.07, 6.45) is 1.47. The summed E-state index contributed by atoms with van der Waals surface area (Å²) in [6.45, 7) is 1.85. The lowest BCUT2D eigenvalue weighted by atomic mass is 10.3. The Morgan fingerprint density at radius 3 is 2.89 bits per heavy atom. The van der Waals surface area contributed by atoms with Crippen molar-refractivity contribution in [3.63, 3.8) is 0 Å². The van der Waals surface area contributed by atoms with Gasteiger partial charge < -0.3 is 11.1 Å². The summed E-state index contributed by atoms with van der Waals surface area (Å²) in [4.78, 5) is 16.5. The molecular formula is C11H9BrClN3OS. The van der Waals surface area contributed by atoms with E-state index in [0.29, 0.717) is 25.9 Å². The largest absolute Gasteiger partial charge is 0.397 e. The molecule has 2 aromatic heterocycles. The molecule has 94 valence electrons. The average Bonchev–Trinajstić information content (AvgIpc) is 2.64. The fraction of sp³-hybridized carbons (Fsp3) is 0.0909. The number of hydrogen-bond acceptors (Lipinski definition) is 4. The van der Waals surface area contributed by atoms with Crippen molar-refractivity contribution in [1.29, 1.82) is 0 Å². The van der Waals surface area contributed by atoms with E-state index in [0.717, 1.165) is 5.56 Å². The molecule has 7 heteroatoms. The minimum absolute atomic E-state index is 0.281. The minimum atomic E-state index is -0.281. The predicted octanol–water partition coefficient (Wildman–Crippen LogP) is 3.70. The Bertz CT molecular complexity index is 614. The standard InChI is InChI=1S/C11H9BrClN3OS/c1-5-4-18-9(8(5)13)11(17)16-10-7(12)2-6(14)3-15-10/h2-4H,14H2,1H3,(H,15,16,17). The highest BCUT2D eigenvalue weighted by Gasteiger charge is 2.16. The van der Waals surface area contributed by atoms with Crippen molar-refractivity contribution in [3.05, 3.63) is 37.6 Å². The molecule has 2 rings (SSSR count). The smallest absolute Gasteiger partial charge is 0.268 e. The number of rotatable bonds is 2. The van der Waals surface area contributed by atoms with Crippen LogP contribution < -0.4 is 11.1 Å². The third-order valence-electron chi connectivity index (χ3n) is 2.20. The minimum Gasteiger partial charge on any atom is -0.397 e. The maximum atomic E-state index is 12.0. The zero-order chi connectivity index (χ0) is 13.3. The molecule has 4 nitrogen and oxygen atoms in total. The maximum absolute atomic E-state index is 12.0. The van der Waals surface area contributed by atoms with Crippen LogP contribution in [0.3, 0.4) is 0 Å². The number of aryl methyl sites for hydroxylation is 1. The van der Waals surface area contributed by atoms with Crippen LogP contribution in [0.2, 0.25) is 5.02 Å². The van der Waals surface area contributed by atoms with E-state index >= 15 is 0 Å². The number of nitrogens with two attached hydrogens (primary N) is 1. The molecule has 0 aromatic carbocycles. The van der Waals surface area contributed by atoms with Gasteiger partial charge in [0.15, 0.2) is 0 Å². The number of amides is 1. The van der Waals surface area contributed by atoms with E-state index in [1.807, 2.05) is 12.3 Å². The number of nitrogens with zero attached hydrogens (tertiary/aromatic N) is 1. The molecule has 0 saturated carbocycles. The molecule has 0 aliphatic carbocycles. The molecule has 0 radical (unpaired) electrons. The molecule has 18 heavy (non-hydrogen) atoms. The highest BCUT2D eigenvalue weighted by molar-refractivity contribution is 9.10. The molecule has 0 saturated heterocycles. The van der Waals surface area contributed by atoms with Crippen LogP contribution in [-0.2, 0) is 0 Å². The fourth-order valence-electron chi connectivity index (χ4n) is 1.29. The monoisotopic (exact) mass is 345 g/mol. The third-order valence-corrected chi connectivity index (χ3v) is 4.50. The second kappa shape index (κ2) is 5.26. The highest BCUT2D eigenvalue weighted by Crippen LogP contribution is 2.29. The van der Waals surface area contributed by atoms with Gasteiger partial charge in [-0.1, -0.05) is 11.6 Å². The Labute approximate surface area is 121 Å². The number of aromatic nitrogens is 1. The summed E-state index contributed by atoms with van der Waals surface area (Å²) in [5.74, 6) is 0.132. The van der Waals surface area contributed by atoms with Crippen LogP contribution in [0.1, 0.15) is 15.2 Å². The van der Waals surface area contributed by atoms with Crippen molar-refractivity contribution in [1.82, 2.24) is 4.98 Å². The quantitative estimate of drug-likeness (QED) is 0.871. The van der Waals surface area contributed by atoms with E-state index in [4.69, 9.17) is 17.3 Å². The number of nitrogens with one attached hydrogen (secondary N) is 1. The number of carbonyl (C=O) groups excluding carboxylic acids is 1. The summed E-state index contributed by atoms with van der Waals surface area (Å²) in [6, 6.07) is 1.67. The number of hydrogen-bond donors (Lipinski definition) is 2. The van der Waals surface area contributed by atoms with Gasteiger partial charge in [-0.2, -0.15) is 0 Å². The van der Waals surface area contributed by atoms with E-state index in [1.54, 1.807) is 6.07 Å². The first kappa shape index (κ1) is 13.3. The van der Waals surface area contributed by atoms with Gasteiger partial charge in [-0.05, 0) is 39.9 Å². The van der Waals surface area contributed by atoms with Crippen molar-refractivity contribution < 1.29 is 4.79 Å². The Morgan fingerprint density at radius 1 is 1.61 bits per heavy atom. The third kappa shape index (κ3) is 2.66. The summed E-state index contributed by atoms with van der Waals surface area (Å²) < 4.78 is 0.625. The van der Waals surface area contributed by atoms with Crippen molar-refractivity contribution in [2.45, 2.75) is 6.92 Å². The lowest BCUT2D eigenvalue weighted by molar-refractivity contribution is 0.103. The van der Waals surface area contributed by atoms with Gasteiger partial charge in [-0.3, -0.25) is 4.79 Å². The molecule has 0 aliphatic rings. The number of nitrogen functional groups attached to an aromatic ring is 1. The normalized spacial score (nSPS) is 10.4. The molecule has 0 aliphatic heterocycles. The van der Waals surface area contributed by atoms with E-state index in [-0.39, 0.29) is 5.91 Å². The SMILES string of the molecule is Cc1csc(C(=O)Nc2ncc(N)cc2Br)c1Cl. The summed E-state index contributed by atoms with van der Waals surface area (Å²) >= 11 is 10.6. The van der Waals surface area contributed by atoms with E-state index in [9.17, 15) is 4.79 Å². The average molecular weight is 347 g/mol. The van der Waals surface area contributed by atoms with E-state index in [2.05, 4.69) is 26.2 Å². The second-order valence-corrected chi connectivity index (χ2v) is 5.73. The number of halogens is 2. The van der Waals surface area contributed by atoms with Crippen LogP contribution >= 0.6 is 38.9 Å². The molecule has 0 fully saturated rings. The van der Waals surface area contributed by atoms with Gasteiger partial charge in [0.1, 0.15) is 10.7 Å². The van der Waals surface area contributed by atoms with Gasteiger partial charge in [0.25, 0.3) is 5.91 Å². The van der Waals surface area contributed by atoms with Crippen LogP contribution in [0.4, 0.5) is 11.5 Å². The van der Waals surface area contributed by atoms with Gasteiger partial charge in [0, 0.05) is 0 Å². The Morgan fingerprint density at radius 2 is 2.33 bits per heavy atom. The molecule has 1 amide bonds. The molecule has 2 aromatic rings. The van der Waals surface area contributed by atoms with Gasteiger partial charge in [0.05, 0.1) is 21.4 Å². The number of anilines is 2. The van der Waals surface area contributed by atoms with Crippen molar-refractivity contribution in [2.24, 2.45) is 0 Å². The first-order valence-electron chi connectivity index (χ1n) is 4.95. The topological polar surface area (TPSA) is 68.0 Å². The molecule has 3 N–H and O–H groups in total. The lowest BCUT2D eigenvalue weighted by Crippen LogP contribution is -2.12. The summed E-state index contributed by atoms with van der Waals surface area (Å²) in [7, 11) is 0. The number of pyridine rings is 1. The second-order valence-electron chi connectivity index (χ2n) is 3.62. The molecule has 2 heterocycles. The molecule has 0 atom stereocenters. The lowest BCUT2D eigenvalue weighted by Gasteiger charge is -2.06. The van der Waals surface area contributed by atoms with Crippen molar-refractivity contribution in [2.75, 3.05) is 11.1 Å². The molecular weight excluding hydrogens is 338 g/mol. The zero-order valence-electron chi connectivity index (χ0n) is 9.33. The first-order valence-corrected chi connectivity index (χ1v) is 7.00. The van der Waals surface area contributed by atoms with Crippen molar-refractivity contribution >= 4 is 56.3 Å². The van der Waals surface area contributed by atoms with Crippen molar-refractivity contribution in [3.8, 4) is 0 Å². The Kier molecular flexibility index (Phi) is 3.89. The molecule has 0 unspecified atom stereocenters. The summed E-state index contributed by atoms with van der Waals surface area (Å²) in [5.41, 5.74) is 6.98. The summed E-state index contributed by atoms with van der Waals surface area (Å²) in [5, 5.41) is 4.99. The first-order chi connectivity index (χ1) is 8.49. The Hall–Kier alpha value is -1.11. The van der Waals surface area contributed by atoms with E-state index in [1.165, 1.54) is 17.5 Å². The zero-order valence-corrected chi connectivity index (χ0v) is 12.5. The predicted molar refractivity (Wildman–Crippen MR) is 78.4 cm³/mol. The molecule has 0 bridgehead atoms. The van der Waals surface area contributed by atoms with Gasteiger partial charge in [-0.25, -0.2) is 4.98 Å². The maximum Gasteiger partial charge on any atom is 0.268 e. The van der Waals surface area contributed by atoms with Gasteiger partial charge in [-0.15, -0.1) is 11.3 Å². The van der Waals surface area contributed by atoms with E-state index < -0.39 is 0 Å². The molecule has 0 spiro atoms. The van der Waals surface area contributed by atoms with Crippen LogP contribution in [0.15, 0.2) is 22.1 Å². The van der Waals surface area contributed by atoms with Crippen LogP contribution in [0.5, 0.6) is 0 Å². The van der Waals surface area contributed by atoms with Gasteiger partial charge >= 0.3 is 0 Å². The fourth-order valence-corrected chi connectivity index (χ4v) is 2.93. The van der Waals surface area contributed by atoms with Gasteiger partial charge in [0.2, 0.25) is 0 Å². The highest BCUT2D eigenvalue weighted by atomic mass is 79.9.